The van der Waals surface area contributed by atoms with E-state index in [-0.39, 0.29) is 22.2 Å². The average Bonchev–Trinajstić information content (AvgIpc) is 3.25. The molecule has 0 spiro atoms. The van der Waals surface area contributed by atoms with Gasteiger partial charge >= 0.3 is 0 Å². The Kier molecular flexibility index (Phi) is 9.09. The summed E-state index contributed by atoms with van der Waals surface area (Å²) in [5.74, 6) is 1.18. The summed E-state index contributed by atoms with van der Waals surface area (Å²) in [6, 6.07) is 14.1. The van der Waals surface area contributed by atoms with E-state index in [0.717, 1.165) is 47.9 Å². The number of thioether (sulfide) groups is 1. The summed E-state index contributed by atoms with van der Waals surface area (Å²) in [4.78, 5) is 17.1. The molecule has 0 radical (unpaired) electrons. The molecule has 0 bridgehead atoms. The van der Waals surface area contributed by atoms with Crippen LogP contribution in [0, 0.1) is 16.7 Å². The van der Waals surface area contributed by atoms with E-state index in [9.17, 15) is 4.79 Å². The number of hydrogen-bond donors (Lipinski definition) is 3. The minimum absolute atomic E-state index is 0.0434. The smallest absolute Gasteiger partial charge is 0.238 e. The van der Waals surface area contributed by atoms with Crippen molar-refractivity contribution in [3.05, 3.63) is 59.2 Å². The number of rotatable bonds is 10. The van der Waals surface area contributed by atoms with Crippen LogP contribution < -0.4 is 10.1 Å². The summed E-state index contributed by atoms with van der Waals surface area (Å²) in [6.07, 6.45) is 5.41. The largest absolute Gasteiger partial charge is 0.494 e. The lowest BCUT2D eigenvalue weighted by atomic mass is 9.85. The molecule has 1 amide bonds. The predicted molar refractivity (Wildman–Crippen MR) is 148 cm³/mol. The summed E-state index contributed by atoms with van der Waals surface area (Å²) >= 11 is 8.40. The molecule has 8 heteroatoms. The molecule has 6 nitrogen and oxygen atoms in total. The van der Waals surface area contributed by atoms with Crippen molar-refractivity contribution in [2.24, 2.45) is 5.92 Å². The first-order valence-electron chi connectivity index (χ1n) is 12.7. The summed E-state index contributed by atoms with van der Waals surface area (Å²) in [6.45, 7) is 3.50. The number of benzene rings is 2. The Bertz CT molecular complexity index is 1100. The van der Waals surface area contributed by atoms with Gasteiger partial charge in [-0.2, -0.15) is 0 Å². The lowest BCUT2D eigenvalue weighted by Crippen LogP contribution is -2.42. The van der Waals surface area contributed by atoms with Gasteiger partial charge in [-0.3, -0.25) is 10.2 Å². The van der Waals surface area contributed by atoms with Crippen molar-refractivity contribution < 1.29 is 9.53 Å². The summed E-state index contributed by atoms with van der Waals surface area (Å²) in [7, 11) is 2.02. The minimum atomic E-state index is -0.378. The van der Waals surface area contributed by atoms with Crippen molar-refractivity contribution in [1.29, 1.82) is 10.8 Å². The van der Waals surface area contributed by atoms with Crippen LogP contribution in [0.2, 0.25) is 0 Å². The number of fused-ring (bicyclic) bond motifs is 1. The van der Waals surface area contributed by atoms with Crippen LogP contribution in [0.1, 0.15) is 54.7 Å². The zero-order valence-electron chi connectivity index (χ0n) is 20.9. The Balaban J connectivity index is 1.62. The molecule has 1 heterocycles. The van der Waals surface area contributed by atoms with Gasteiger partial charge in [0.05, 0.1) is 17.7 Å². The van der Waals surface area contributed by atoms with E-state index in [1.807, 2.05) is 55.3 Å². The van der Waals surface area contributed by atoms with Crippen LogP contribution in [0.15, 0.2) is 47.4 Å². The monoisotopic (exact) mass is 526 g/mol. The van der Waals surface area contributed by atoms with Gasteiger partial charge in [0.15, 0.2) is 0 Å². The summed E-state index contributed by atoms with van der Waals surface area (Å²) in [5.41, 5.74) is 2.65. The van der Waals surface area contributed by atoms with Gasteiger partial charge < -0.3 is 20.4 Å². The minimum Gasteiger partial charge on any atom is -0.494 e. The molecule has 0 aromatic heterocycles. The second kappa shape index (κ2) is 12.3. The van der Waals surface area contributed by atoms with Crippen molar-refractivity contribution in [2.75, 3.05) is 20.2 Å². The number of hydrogen-bond acceptors (Lipinski definition) is 6. The lowest BCUT2D eigenvalue weighted by Gasteiger charge is -2.34. The quantitative estimate of drug-likeness (QED) is 0.275. The molecule has 2 aromatic rings. The van der Waals surface area contributed by atoms with Crippen molar-refractivity contribution in [3.8, 4) is 5.75 Å². The highest BCUT2D eigenvalue weighted by atomic mass is 35.5. The first kappa shape index (κ1) is 26.7. The number of carbonyl (C=O) groups excluding carboxylic acids is 1. The Morgan fingerprint density at radius 2 is 1.97 bits per heavy atom. The van der Waals surface area contributed by atoms with Crippen LogP contribution in [0.3, 0.4) is 0 Å². The zero-order valence-corrected chi connectivity index (χ0v) is 22.5. The molecule has 3 N–H and O–H groups in total. The number of ether oxygens (including phenoxy) is 1. The molecule has 192 valence electrons. The van der Waals surface area contributed by atoms with Crippen LogP contribution >= 0.6 is 23.4 Å². The standard InChI is InChI=1S/C28H35ClN4O2S/c1-3-35-24-13-10-19(23(31)15-30)14-20(24)17-33(16-18-8-11-21(32-2)12-9-18)28(34)27-26(29)22-6-4-5-7-25(22)36-27/h4-7,10,13-15,18,21,26-27,30-32H,3,8-9,11-12,16-17H2,1-2H3. The van der Waals surface area contributed by atoms with E-state index >= 15 is 0 Å². The van der Waals surface area contributed by atoms with Crippen molar-refractivity contribution in [1.82, 2.24) is 10.2 Å². The first-order valence-corrected chi connectivity index (χ1v) is 14.0. The highest BCUT2D eigenvalue weighted by molar-refractivity contribution is 8.01. The number of amides is 1. The van der Waals surface area contributed by atoms with Gasteiger partial charge in [-0.25, -0.2) is 0 Å². The third kappa shape index (κ3) is 5.96. The fourth-order valence-electron chi connectivity index (χ4n) is 5.16. The summed E-state index contributed by atoms with van der Waals surface area (Å²) in [5, 5.41) is 18.2. The van der Waals surface area contributed by atoms with Crippen molar-refractivity contribution in [3.63, 3.8) is 0 Å². The van der Waals surface area contributed by atoms with E-state index < -0.39 is 0 Å². The van der Waals surface area contributed by atoms with Gasteiger partial charge in [0.2, 0.25) is 5.91 Å². The molecule has 1 aliphatic carbocycles. The average molecular weight is 527 g/mol. The van der Waals surface area contributed by atoms with E-state index in [1.54, 1.807) is 17.8 Å². The second-order valence-electron chi connectivity index (χ2n) is 9.52. The summed E-state index contributed by atoms with van der Waals surface area (Å²) < 4.78 is 5.90. The number of halogens is 1. The zero-order chi connectivity index (χ0) is 25.7. The highest BCUT2D eigenvalue weighted by Gasteiger charge is 2.40. The molecule has 0 saturated heterocycles. The van der Waals surface area contributed by atoms with Crippen LogP contribution in [0.25, 0.3) is 0 Å². The Labute approximate surface area is 223 Å². The number of alkyl halides is 1. The van der Waals surface area contributed by atoms with Crippen molar-refractivity contribution >= 4 is 41.2 Å². The predicted octanol–water partition coefficient (Wildman–Crippen LogP) is 5.66. The molecule has 36 heavy (non-hydrogen) atoms. The van der Waals surface area contributed by atoms with Gasteiger partial charge in [-0.1, -0.05) is 18.2 Å². The highest BCUT2D eigenvalue weighted by Crippen LogP contribution is 2.48. The number of nitrogens with zero attached hydrogens (tertiary/aromatic N) is 1. The maximum Gasteiger partial charge on any atom is 0.238 e. The first-order chi connectivity index (χ1) is 17.4. The molecule has 1 saturated carbocycles. The third-order valence-corrected chi connectivity index (χ3v) is 9.19. The van der Waals surface area contributed by atoms with E-state index in [1.165, 1.54) is 0 Å². The van der Waals surface area contributed by atoms with Gasteiger partial charge in [0.25, 0.3) is 0 Å². The van der Waals surface area contributed by atoms with Crippen LogP contribution in [-0.2, 0) is 11.3 Å². The number of carbonyl (C=O) groups is 1. The van der Waals surface area contributed by atoms with E-state index in [4.69, 9.17) is 27.2 Å². The van der Waals surface area contributed by atoms with Crippen LogP contribution in [-0.4, -0.2) is 54.2 Å². The fourth-order valence-corrected chi connectivity index (χ4v) is 6.96. The van der Waals surface area contributed by atoms with Crippen molar-refractivity contribution in [2.45, 2.75) is 60.7 Å². The number of nitrogens with one attached hydrogen (secondary N) is 3. The van der Waals surface area contributed by atoms with Gasteiger partial charge in [0.1, 0.15) is 11.0 Å². The molecule has 2 atom stereocenters. The van der Waals surface area contributed by atoms with E-state index in [2.05, 4.69) is 5.32 Å². The molecule has 4 rings (SSSR count). The SMILES string of the molecule is CCOc1ccc(C(=N)C=N)cc1CN(CC1CCC(NC)CC1)C(=O)C1Sc2ccccc2C1Cl. The normalized spacial score (nSPS) is 23.1. The molecule has 1 aliphatic heterocycles. The molecule has 2 unspecified atom stereocenters. The molecule has 2 aromatic carbocycles. The second-order valence-corrected chi connectivity index (χ2v) is 11.2. The molecule has 1 fully saturated rings. The van der Waals surface area contributed by atoms with Crippen LogP contribution in [0.4, 0.5) is 0 Å². The Hall–Kier alpha value is -2.35. The van der Waals surface area contributed by atoms with Gasteiger partial charge in [-0.05, 0) is 75.4 Å². The lowest BCUT2D eigenvalue weighted by molar-refractivity contribution is -0.132. The molecule has 2 aliphatic rings. The van der Waals surface area contributed by atoms with E-state index in [0.29, 0.717) is 43.0 Å². The van der Waals surface area contributed by atoms with Gasteiger partial charge in [-0.15, -0.1) is 23.4 Å². The Morgan fingerprint density at radius 3 is 2.64 bits per heavy atom. The van der Waals surface area contributed by atoms with Gasteiger partial charge in [0, 0.05) is 41.4 Å². The Morgan fingerprint density at radius 1 is 1.22 bits per heavy atom. The molecular weight excluding hydrogens is 492 g/mol. The third-order valence-electron chi connectivity index (χ3n) is 7.20. The maximum atomic E-state index is 14.1. The maximum absolute atomic E-state index is 14.1. The topological polar surface area (TPSA) is 89.3 Å². The van der Waals surface area contributed by atoms with Crippen LogP contribution in [0.5, 0.6) is 5.75 Å². The fraction of sp³-hybridized carbons (Fsp3) is 0.464. The molecular formula is C28H35ClN4O2S.